The van der Waals surface area contributed by atoms with Gasteiger partial charge in [-0.2, -0.15) is 0 Å². The molecule has 0 spiro atoms. The summed E-state index contributed by atoms with van der Waals surface area (Å²) < 4.78 is 33.4. The standard InChI is InChI=1S/C45H87O9P/c1-3-5-7-9-11-13-15-17-19-20-21-22-23-24-25-27-29-31-33-35-37-45(48)54-44(42-53-55(49,50)52-40-43(47)39-46)41-51-38-36-34-32-30-28-26-18-16-14-12-10-8-6-4-2/h8,10,14,16,43-44,46-47H,3-7,9,11-13,15,17-42H2,1-2H3,(H,49,50)/b10-8-,16-14-. The Morgan fingerprint density at radius 3 is 1.53 bits per heavy atom. The lowest BCUT2D eigenvalue weighted by atomic mass is 10.0. The molecule has 10 heteroatoms. The molecule has 9 nitrogen and oxygen atoms in total. The van der Waals surface area contributed by atoms with Crippen LogP contribution in [-0.4, -0.2) is 66.3 Å². The van der Waals surface area contributed by atoms with E-state index >= 15 is 0 Å². The Bertz CT molecular complexity index is 913. The number of hydrogen-bond donors (Lipinski definition) is 3. The van der Waals surface area contributed by atoms with E-state index in [1.54, 1.807) is 0 Å². The Balaban J connectivity index is 4.09. The lowest BCUT2D eigenvalue weighted by Crippen LogP contribution is -2.29. The maximum Gasteiger partial charge on any atom is 0.472 e. The van der Waals surface area contributed by atoms with Crippen LogP contribution in [0.5, 0.6) is 0 Å². The summed E-state index contributed by atoms with van der Waals surface area (Å²) in [6, 6.07) is 0. The van der Waals surface area contributed by atoms with Crippen molar-refractivity contribution in [2.45, 2.75) is 225 Å². The molecule has 0 saturated carbocycles. The van der Waals surface area contributed by atoms with Gasteiger partial charge in [0, 0.05) is 13.0 Å². The largest absolute Gasteiger partial charge is 0.472 e. The van der Waals surface area contributed by atoms with Crippen molar-refractivity contribution in [1.82, 2.24) is 0 Å². The minimum atomic E-state index is -4.52. The highest BCUT2D eigenvalue weighted by Gasteiger charge is 2.26. The summed E-state index contributed by atoms with van der Waals surface area (Å²) >= 11 is 0. The highest BCUT2D eigenvalue weighted by atomic mass is 31.2. The van der Waals surface area contributed by atoms with Gasteiger partial charge in [0.1, 0.15) is 12.2 Å². The summed E-state index contributed by atoms with van der Waals surface area (Å²) in [4.78, 5) is 22.6. The first kappa shape index (κ1) is 53.9. The smallest absolute Gasteiger partial charge is 0.457 e. The average molecular weight is 803 g/mol. The number of phosphoric acid groups is 1. The number of esters is 1. The average Bonchev–Trinajstić information content (AvgIpc) is 3.18. The Kier molecular flexibility index (Phi) is 41.7. The summed E-state index contributed by atoms with van der Waals surface area (Å²) in [7, 11) is -4.52. The van der Waals surface area contributed by atoms with Crippen LogP contribution in [0.4, 0.5) is 0 Å². The van der Waals surface area contributed by atoms with Gasteiger partial charge in [-0.1, -0.05) is 192 Å². The lowest BCUT2D eigenvalue weighted by Gasteiger charge is -2.20. The fraction of sp³-hybridized carbons (Fsp3) is 0.889. The van der Waals surface area contributed by atoms with E-state index in [2.05, 4.69) is 38.2 Å². The summed E-state index contributed by atoms with van der Waals surface area (Å²) in [6.07, 6.45) is 44.2. The zero-order chi connectivity index (χ0) is 40.3. The molecule has 0 aromatic rings. The zero-order valence-corrected chi connectivity index (χ0v) is 36.6. The van der Waals surface area contributed by atoms with Crippen molar-refractivity contribution >= 4 is 13.8 Å². The lowest BCUT2D eigenvalue weighted by molar-refractivity contribution is -0.154. The molecule has 0 aliphatic heterocycles. The molecular formula is C45H87O9P. The predicted octanol–water partition coefficient (Wildman–Crippen LogP) is 12.6. The molecule has 55 heavy (non-hydrogen) atoms. The van der Waals surface area contributed by atoms with Gasteiger partial charge in [-0.25, -0.2) is 4.57 Å². The third-order valence-corrected chi connectivity index (χ3v) is 10.8. The van der Waals surface area contributed by atoms with E-state index in [0.29, 0.717) is 6.61 Å². The first-order valence-electron chi connectivity index (χ1n) is 22.8. The van der Waals surface area contributed by atoms with Crippen molar-refractivity contribution in [2.75, 3.05) is 33.0 Å². The number of allylic oxidation sites excluding steroid dienone is 4. The van der Waals surface area contributed by atoms with Crippen LogP contribution < -0.4 is 0 Å². The third-order valence-electron chi connectivity index (χ3n) is 9.87. The first-order valence-corrected chi connectivity index (χ1v) is 24.3. The molecular weight excluding hydrogens is 715 g/mol. The second-order valence-electron chi connectivity index (χ2n) is 15.4. The summed E-state index contributed by atoms with van der Waals surface area (Å²) in [5.74, 6) is -0.383. The van der Waals surface area contributed by atoms with E-state index in [-0.39, 0.29) is 25.6 Å². The molecule has 326 valence electrons. The van der Waals surface area contributed by atoms with Crippen molar-refractivity contribution in [1.29, 1.82) is 0 Å². The summed E-state index contributed by atoms with van der Waals surface area (Å²) in [5, 5.41) is 18.4. The van der Waals surface area contributed by atoms with Gasteiger partial charge in [-0.3, -0.25) is 13.8 Å². The quantitative estimate of drug-likeness (QED) is 0.0238. The number of aliphatic hydroxyl groups excluding tert-OH is 2. The number of rotatable bonds is 44. The maximum atomic E-state index is 12.6. The molecule has 3 unspecified atom stereocenters. The number of ether oxygens (including phenoxy) is 2. The van der Waals surface area contributed by atoms with Gasteiger partial charge < -0.3 is 24.6 Å². The Labute approximate surface area is 338 Å². The van der Waals surface area contributed by atoms with Gasteiger partial charge in [0.2, 0.25) is 0 Å². The number of unbranched alkanes of at least 4 members (excludes halogenated alkanes) is 26. The molecule has 0 bridgehead atoms. The van der Waals surface area contributed by atoms with Crippen molar-refractivity contribution in [3.63, 3.8) is 0 Å². The van der Waals surface area contributed by atoms with E-state index < -0.39 is 33.2 Å². The van der Waals surface area contributed by atoms with Crippen LogP contribution in [0, 0.1) is 0 Å². The van der Waals surface area contributed by atoms with Crippen LogP contribution in [0.25, 0.3) is 0 Å². The van der Waals surface area contributed by atoms with Crippen molar-refractivity contribution < 1.29 is 43.0 Å². The molecule has 0 aliphatic rings. The molecule has 0 aliphatic carbocycles. The molecule has 0 fully saturated rings. The van der Waals surface area contributed by atoms with Gasteiger partial charge in [0.05, 0.1) is 26.4 Å². The van der Waals surface area contributed by atoms with Gasteiger partial charge in [0.15, 0.2) is 0 Å². The highest BCUT2D eigenvalue weighted by molar-refractivity contribution is 7.47. The predicted molar refractivity (Wildman–Crippen MR) is 228 cm³/mol. The molecule has 0 amide bonds. The number of phosphoric ester groups is 1. The molecule has 0 aromatic heterocycles. The van der Waals surface area contributed by atoms with Gasteiger partial charge >= 0.3 is 13.8 Å². The zero-order valence-electron chi connectivity index (χ0n) is 35.7. The van der Waals surface area contributed by atoms with Crippen LogP contribution in [0.15, 0.2) is 24.3 Å². The Morgan fingerprint density at radius 1 is 0.564 bits per heavy atom. The fourth-order valence-corrected chi connectivity index (χ4v) is 7.18. The molecule has 3 N–H and O–H groups in total. The number of hydrogen-bond acceptors (Lipinski definition) is 8. The Hall–Kier alpha value is -1.06. The minimum Gasteiger partial charge on any atom is -0.457 e. The van der Waals surface area contributed by atoms with E-state index in [1.807, 2.05) is 0 Å². The van der Waals surface area contributed by atoms with E-state index in [4.69, 9.17) is 23.6 Å². The van der Waals surface area contributed by atoms with Crippen LogP contribution in [-0.2, 0) is 27.9 Å². The normalized spacial score (nSPS) is 14.2. The Morgan fingerprint density at radius 2 is 1.02 bits per heavy atom. The van der Waals surface area contributed by atoms with Crippen molar-refractivity contribution in [3.8, 4) is 0 Å². The second-order valence-corrected chi connectivity index (χ2v) is 16.9. The first-order chi connectivity index (χ1) is 26.8. The van der Waals surface area contributed by atoms with Crippen LogP contribution in [0.2, 0.25) is 0 Å². The SMILES string of the molecule is CCC/C=C\C/C=C\CCCCCCCCOCC(COP(=O)(O)OCC(O)CO)OC(=O)CCCCCCCCCCCCCCCCCCCCCC. The molecule has 0 rings (SSSR count). The molecule has 3 atom stereocenters. The molecule has 0 saturated heterocycles. The minimum absolute atomic E-state index is 0.0459. The fourth-order valence-electron chi connectivity index (χ4n) is 6.39. The third kappa shape index (κ3) is 42.4. The van der Waals surface area contributed by atoms with Gasteiger partial charge in [-0.15, -0.1) is 0 Å². The monoisotopic (exact) mass is 803 g/mol. The van der Waals surface area contributed by atoms with E-state index in [1.165, 1.54) is 135 Å². The van der Waals surface area contributed by atoms with E-state index in [9.17, 15) is 19.4 Å². The van der Waals surface area contributed by atoms with Crippen molar-refractivity contribution in [2.24, 2.45) is 0 Å². The van der Waals surface area contributed by atoms with Crippen LogP contribution >= 0.6 is 7.82 Å². The van der Waals surface area contributed by atoms with Gasteiger partial charge in [0.25, 0.3) is 0 Å². The summed E-state index contributed by atoms with van der Waals surface area (Å²) in [6.45, 7) is 3.47. The molecule has 0 radical (unpaired) electrons. The number of aliphatic hydroxyl groups is 2. The van der Waals surface area contributed by atoms with E-state index in [0.717, 1.165) is 57.8 Å². The molecule has 0 heterocycles. The topological polar surface area (TPSA) is 132 Å². The number of carbonyl (C=O) groups is 1. The van der Waals surface area contributed by atoms with Gasteiger partial charge in [-0.05, 0) is 38.5 Å². The number of carbonyl (C=O) groups excluding carboxylic acids is 1. The second kappa shape index (κ2) is 42.5. The van der Waals surface area contributed by atoms with Crippen LogP contribution in [0.1, 0.15) is 213 Å². The highest BCUT2D eigenvalue weighted by Crippen LogP contribution is 2.43. The maximum absolute atomic E-state index is 12.6. The van der Waals surface area contributed by atoms with Crippen LogP contribution in [0.3, 0.4) is 0 Å². The van der Waals surface area contributed by atoms with Crippen molar-refractivity contribution in [3.05, 3.63) is 24.3 Å². The summed E-state index contributed by atoms with van der Waals surface area (Å²) in [5.41, 5.74) is 0. The molecule has 0 aromatic carbocycles.